The van der Waals surface area contributed by atoms with Gasteiger partial charge in [-0.2, -0.15) is 0 Å². The van der Waals surface area contributed by atoms with E-state index >= 15 is 0 Å². The van der Waals surface area contributed by atoms with E-state index in [2.05, 4.69) is 9.97 Å². The van der Waals surface area contributed by atoms with Crippen LogP contribution >= 0.6 is 11.6 Å². The molecule has 0 radical (unpaired) electrons. The van der Waals surface area contributed by atoms with Crippen molar-refractivity contribution in [2.45, 2.75) is 6.54 Å². The van der Waals surface area contributed by atoms with Crippen molar-refractivity contribution in [3.05, 3.63) is 47.1 Å². The number of nitrogens with zero attached hydrogens (tertiary/aromatic N) is 2. The molecule has 0 spiro atoms. The summed E-state index contributed by atoms with van der Waals surface area (Å²) in [6.45, 7) is 0.276. The third-order valence-corrected chi connectivity index (χ3v) is 2.45. The van der Waals surface area contributed by atoms with E-state index in [0.29, 0.717) is 17.0 Å². The Hall–Kier alpha value is -1.52. The minimum Gasteiger partial charge on any atom is -0.325 e. The quantitative estimate of drug-likeness (QED) is 0.873. The van der Waals surface area contributed by atoms with Crippen LogP contribution in [0.3, 0.4) is 0 Å². The Morgan fingerprint density at radius 2 is 2.00 bits per heavy atom. The summed E-state index contributed by atoms with van der Waals surface area (Å²) in [6, 6.07) is 4.41. The Labute approximate surface area is 97.1 Å². The fourth-order valence-electron chi connectivity index (χ4n) is 1.40. The lowest BCUT2D eigenvalue weighted by Crippen LogP contribution is -2.03. The lowest BCUT2D eigenvalue weighted by molar-refractivity contribution is 0.628. The summed E-state index contributed by atoms with van der Waals surface area (Å²) in [5, 5.41) is 0.0612. The first-order chi connectivity index (χ1) is 7.72. The molecule has 0 saturated carbocycles. The van der Waals surface area contributed by atoms with Crippen molar-refractivity contribution in [1.29, 1.82) is 0 Å². The van der Waals surface area contributed by atoms with Gasteiger partial charge >= 0.3 is 0 Å². The standard InChI is InChI=1S/C11H9ClFN3/c12-8-5-7(1-2-9(8)13)11-10(6-14)15-3-4-16-11/h1-5H,6,14H2. The van der Waals surface area contributed by atoms with E-state index in [1.165, 1.54) is 12.1 Å². The van der Waals surface area contributed by atoms with Gasteiger partial charge in [0.05, 0.1) is 16.4 Å². The molecule has 1 aromatic heterocycles. The number of hydrogen-bond acceptors (Lipinski definition) is 3. The molecular weight excluding hydrogens is 229 g/mol. The first kappa shape index (κ1) is 11.0. The normalized spacial score (nSPS) is 10.4. The smallest absolute Gasteiger partial charge is 0.141 e. The minimum atomic E-state index is -0.455. The molecule has 0 atom stereocenters. The Kier molecular flexibility index (Phi) is 3.12. The van der Waals surface area contributed by atoms with E-state index < -0.39 is 5.82 Å². The summed E-state index contributed by atoms with van der Waals surface area (Å²) in [5.41, 5.74) is 7.54. The summed E-state index contributed by atoms with van der Waals surface area (Å²) in [5.74, 6) is -0.455. The summed E-state index contributed by atoms with van der Waals surface area (Å²) >= 11 is 5.70. The molecule has 0 unspecified atom stereocenters. The van der Waals surface area contributed by atoms with E-state index in [1.807, 2.05) is 0 Å². The molecule has 0 aliphatic heterocycles. The molecule has 0 bridgehead atoms. The van der Waals surface area contributed by atoms with Crippen molar-refractivity contribution < 1.29 is 4.39 Å². The molecule has 3 nitrogen and oxygen atoms in total. The van der Waals surface area contributed by atoms with Gasteiger partial charge < -0.3 is 5.73 Å². The summed E-state index contributed by atoms with van der Waals surface area (Å²) in [7, 11) is 0. The van der Waals surface area contributed by atoms with Crippen LogP contribution in [0.1, 0.15) is 5.69 Å². The molecule has 1 aromatic carbocycles. The highest BCUT2D eigenvalue weighted by Gasteiger charge is 2.08. The van der Waals surface area contributed by atoms with Crippen LogP contribution in [-0.2, 0) is 6.54 Å². The van der Waals surface area contributed by atoms with Crippen molar-refractivity contribution >= 4 is 11.6 Å². The average molecular weight is 238 g/mol. The molecule has 2 rings (SSSR count). The molecular formula is C11H9ClFN3. The lowest BCUT2D eigenvalue weighted by atomic mass is 10.1. The number of rotatable bonds is 2. The highest BCUT2D eigenvalue weighted by Crippen LogP contribution is 2.24. The third kappa shape index (κ3) is 2.03. The molecule has 1 heterocycles. The molecule has 2 N–H and O–H groups in total. The largest absolute Gasteiger partial charge is 0.325 e. The minimum absolute atomic E-state index is 0.0612. The lowest BCUT2D eigenvalue weighted by Gasteiger charge is -2.05. The van der Waals surface area contributed by atoms with Crippen LogP contribution in [0, 0.1) is 5.82 Å². The maximum Gasteiger partial charge on any atom is 0.141 e. The van der Waals surface area contributed by atoms with Gasteiger partial charge in [-0.05, 0) is 18.2 Å². The predicted octanol–water partition coefficient (Wildman–Crippen LogP) is 2.39. The fourth-order valence-corrected chi connectivity index (χ4v) is 1.58. The zero-order chi connectivity index (χ0) is 11.5. The van der Waals surface area contributed by atoms with E-state index in [1.54, 1.807) is 18.5 Å². The Morgan fingerprint density at radius 3 is 2.69 bits per heavy atom. The maximum absolute atomic E-state index is 13.0. The molecule has 0 saturated heterocycles. The summed E-state index contributed by atoms with van der Waals surface area (Å²) in [6.07, 6.45) is 3.13. The van der Waals surface area contributed by atoms with Gasteiger partial charge in [0.25, 0.3) is 0 Å². The summed E-state index contributed by atoms with van der Waals surface area (Å²) < 4.78 is 13.0. The van der Waals surface area contributed by atoms with Crippen LogP contribution in [0.4, 0.5) is 4.39 Å². The van der Waals surface area contributed by atoms with E-state index in [-0.39, 0.29) is 11.6 Å². The molecule has 5 heteroatoms. The van der Waals surface area contributed by atoms with Crippen molar-refractivity contribution in [2.75, 3.05) is 0 Å². The number of benzene rings is 1. The van der Waals surface area contributed by atoms with Crippen LogP contribution in [0.5, 0.6) is 0 Å². The van der Waals surface area contributed by atoms with Crippen molar-refractivity contribution in [1.82, 2.24) is 9.97 Å². The first-order valence-corrected chi connectivity index (χ1v) is 5.05. The second-order valence-electron chi connectivity index (χ2n) is 3.18. The van der Waals surface area contributed by atoms with Gasteiger partial charge in [-0.15, -0.1) is 0 Å². The van der Waals surface area contributed by atoms with E-state index in [4.69, 9.17) is 17.3 Å². The molecule has 2 aromatic rings. The second kappa shape index (κ2) is 4.55. The van der Waals surface area contributed by atoms with Crippen molar-refractivity contribution in [2.24, 2.45) is 5.73 Å². The molecule has 0 amide bonds. The SMILES string of the molecule is NCc1nccnc1-c1ccc(F)c(Cl)c1. The number of aromatic nitrogens is 2. The first-order valence-electron chi connectivity index (χ1n) is 4.67. The van der Waals surface area contributed by atoms with Gasteiger partial charge in [0, 0.05) is 24.5 Å². The number of hydrogen-bond donors (Lipinski definition) is 1. The van der Waals surface area contributed by atoms with Gasteiger partial charge in [-0.1, -0.05) is 11.6 Å². The van der Waals surface area contributed by atoms with Crippen LogP contribution in [0.2, 0.25) is 5.02 Å². The zero-order valence-corrected chi connectivity index (χ0v) is 9.08. The van der Waals surface area contributed by atoms with Crippen molar-refractivity contribution in [3.8, 4) is 11.3 Å². The summed E-state index contributed by atoms with van der Waals surface area (Å²) in [4.78, 5) is 8.27. The van der Waals surface area contributed by atoms with E-state index in [9.17, 15) is 4.39 Å². The second-order valence-corrected chi connectivity index (χ2v) is 3.59. The topological polar surface area (TPSA) is 51.8 Å². The van der Waals surface area contributed by atoms with E-state index in [0.717, 1.165) is 0 Å². The van der Waals surface area contributed by atoms with Gasteiger partial charge in [-0.25, -0.2) is 4.39 Å². The van der Waals surface area contributed by atoms with Gasteiger partial charge in [-0.3, -0.25) is 9.97 Å². The number of halogens is 2. The highest BCUT2D eigenvalue weighted by atomic mass is 35.5. The number of nitrogens with two attached hydrogens (primary N) is 1. The average Bonchev–Trinajstić information content (AvgIpc) is 2.32. The fraction of sp³-hybridized carbons (Fsp3) is 0.0909. The predicted molar refractivity (Wildman–Crippen MR) is 60.3 cm³/mol. The monoisotopic (exact) mass is 237 g/mol. The van der Waals surface area contributed by atoms with Crippen LogP contribution < -0.4 is 5.73 Å². The molecule has 0 fully saturated rings. The zero-order valence-electron chi connectivity index (χ0n) is 8.32. The molecule has 0 aliphatic rings. The molecule has 0 aliphatic carbocycles. The van der Waals surface area contributed by atoms with Gasteiger partial charge in [0.1, 0.15) is 5.82 Å². The Balaban J connectivity index is 2.54. The Morgan fingerprint density at radius 1 is 1.25 bits per heavy atom. The van der Waals surface area contributed by atoms with Gasteiger partial charge in [0.2, 0.25) is 0 Å². The molecule has 16 heavy (non-hydrogen) atoms. The van der Waals surface area contributed by atoms with Crippen molar-refractivity contribution in [3.63, 3.8) is 0 Å². The maximum atomic E-state index is 13.0. The Bertz CT molecular complexity index is 516. The highest BCUT2D eigenvalue weighted by molar-refractivity contribution is 6.31. The van der Waals surface area contributed by atoms with Gasteiger partial charge in [0.15, 0.2) is 0 Å². The third-order valence-electron chi connectivity index (χ3n) is 2.16. The van der Waals surface area contributed by atoms with Crippen LogP contribution in [0.15, 0.2) is 30.6 Å². The molecule has 82 valence electrons. The van der Waals surface area contributed by atoms with Crippen LogP contribution in [0.25, 0.3) is 11.3 Å². The van der Waals surface area contributed by atoms with Crippen LogP contribution in [-0.4, -0.2) is 9.97 Å².